The lowest BCUT2D eigenvalue weighted by Crippen LogP contribution is -1.99. The van der Waals surface area contributed by atoms with Gasteiger partial charge in [-0.15, -0.1) is 0 Å². The molecule has 1 aromatic carbocycles. The molecule has 0 saturated carbocycles. The standard InChI is InChI=1S/C14H18N2/c1-4-5-11-8-12-10(3)6-9(2)7-13(12)16-14(11)15/h6-8H,4-5H2,1-3H3,(H2,15,16). The van der Waals surface area contributed by atoms with Crippen LogP contribution < -0.4 is 5.73 Å². The molecule has 0 aliphatic carbocycles. The normalized spacial score (nSPS) is 10.9. The Hall–Kier alpha value is -1.57. The second kappa shape index (κ2) is 4.12. The summed E-state index contributed by atoms with van der Waals surface area (Å²) in [6.45, 7) is 6.37. The maximum absolute atomic E-state index is 5.96. The van der Waals surface area contributed by atoms with Gasteiger partial charge in [0.1, 0.15) is 5.82 Å². The Labute approximate surface area is 96.5 Å². The molecule has 0 fully saturated rings. The number of pyridine rings is 1. The van der Waals surface area contributed by atoms with Gasteiger partial charge in [-0.3, -0.25) is 0 Å². The van der Waals surface area contributed by atoms with E-state index in [1.54, 1.807) is 0 Å². The molecule has 2 rings (SSSR count). The number of benzene rings is 1. The zero-order chi connectivity index (χ0) is 11.7. The van der Waals surface area contributed by atoms with Crippen molar-refractivity contribution in [2.75, 3.05) is 5.73 Å². The van der Waals surface area contributed by atoms with Gasteiger partial charge in [0.2, 0.25) is 0 Å². The molecule has 0 amide bonds. The average molecular weight is 214 g/mol. The largest absolute Gasteiger partial charge is 0.383 e. The van der Waals surface area contributed by atoms with Crippen molar-refractivity contribution in [1.29, 1.82) is 0 Å². The molecular formula is C14H18N2. The molecule has 0 saturated heterocycles. The van der Waals surface area contributed by atoms with Crippen LogP contribution in [0.4, 0.5) is 5.82 Å². The van der Waals surface area contributed by atoms with Crippen molar-refractivity contribution in [2.45, 2.75) is 33.6 Å². The summed E-state index contributed by atoms with van der Waals surface area (Å²) in [5.41, 5.74) is 10.7. The molecule has 0 bridgehead atoms. The van der Waals surface area contributed by atoms with E-state index in [4.69, 9.17) is 5.73 Å². The van der Waals surface area contributed by atoms with Crippen LogP contribution in [0.5, 0.6) is 0 Å². The van der Waals surface area contributed by atoms with Gasteiger partial charge in [0.25, 0.3) is 0 Å². The number of hydrogen-bond donors (Lipinski definition) is 1. The highest BCUT2D eigenvalue weighted by molar-refractivity contribution is 5.85. The molecule has 0 aliphatic rings. The van der Waals surface area contributed by atoms with Crippen molar-refractivity contribution in [3.8, 4) is 0 Å². The molecule has 2 aromatic rings. The Morgan fingerprint density at radius 2 is 1.94 bits per heavy atom. The molecule has 0 spiro atoms. The quantitative estimate of drug-likeness (QED) is 0.832. The van der Waals surface area contributed by atoms with Crippen molar-refractivity contribution in [1.82, 2.24) is 4.98 Å². The van der Waals surface area contributed by atoms with Gasteiger partial charge in [-0.1, -0.05) is 19.4 Å². The van der Waals surface area contributed by atoms with Crippen LogP contribution in [0.15, 0.2) is 18.2 Å². The van der Waals surface area contributed by atoms with Crippen LogP contribution >= 0.6 is 0 Å². The Morgan fingerprint density at radius 3 is 2.62 bits per heavy atom. The van der Waals surface area contributed by atoms with Crippen molar-refractivity contribution in [2.24, 2.45) is 0 Å². The maximum Gasteiger partial charge on any atom is 0.127 e. The highest BCUT2D eigenvalue weighted by Gasteiger charge is 2.05. The Balaban J connectivity index is 2.69. The number of nitrogen functional groups attached to an aromatic ring is 1. The third-order valence-corrected chi connectivity index (χ3v) is 2.92. The van der Waals surface area contributed by atoms with Gasteiger partial charge in [-0.2, -0.15) is 0 Å². The zero-order valence-electron chi connectivity index (χ0n) is 10.2. The Kier molecular flexibility index (Phi) is 2.82. The van der Waals surface area contributed by atoms with Gasteiger partial charge >= 0.3 is 0 Å². The summed E-state index contributed by atoms with van der Waals surface area (Å²) in [6, 6.07) is 6.47. The molecule has 1 heterocycles. The van der Waals surface area contributed by atoms with Crippen LogP contribution in [0.25, 0.3) is 10.9 Å². The van der Waals surface area contributed by atoms with Crippen LogP contribution in [0.2, 0.25) is 0 Å². The van der Waals surface area contributed by atoms with E-state index in [0.29, 0.717) is 5.82 Å². The number of rotatable bonds is 2. The summed E-state index contributed by atoms with van der Waals surface area (Å²) in [5, 5.41) is 1.23. The molecule has 2 nitrogen and oxygen atoms in total. The van der Waals surface area contributed by atoms with E-state index >= 15 is 0 Å². The van der Waals surface area contributed by atoms with Gasteiger partial charge in [0.05, 0.1) is 5.52 Å². The smallest absolute Gasteiger partial charge is 0.127 e. The minimum absolute atomic E-state index is 0.680. The maximum atomic E-state index is 5.96. The molecule has 0 radical (unpaired) electrons. The molecular weight excluding hydrogens is 196 g/mol. The SMILES string of the molecule is CCCc1cc2c(C)cc(C)cc2nc1N. The highest BCUT2D eigenvalue weighted by Crippen LogP contribution is 2.23. The second-order valence-corrected chi connectivity index (χ2v) is 4.43. The number of anilines is 1. The van der Waals surface area contributed by atoms with Gasteiger partial charge in [0, 0.05) is 5.39 Å². The van der Waals surface area contributed by atoms with E-state index in [-0.39, 0.29) is 0 Å². The predicted molar refractivity (Wildman–Crippen MR) is 69.6 cm³/mol. The molecule has 16 heavy (non-hydrogen) atoms. The fourth-order valence-corrected chi connectivity index (χ4v) is 2.16. The van der Waals surface area contributed by atoms with E-state index < -0.39 is 0 Å². The van der Waals surface area contributed by atoms with E-state index in [9.17, 15) is 0 Å². The highest BCUT2D eigenvalue weighted by atomic mass is 14.8. The number of fused-ring (bicyclic) bond motifs is 1. The van der Waals surface area contributed by atoms with E-state index in [0.717, 1.165) is 18.4 Å². The predicted octanol–water partition coefficient (Wildman–Crippen LogP) is 3.39. The first-order chi connectivity index (χ1) is 7.61. The summed E-state index contributed by atoms with van der Waals surface area (Å²) >= 11 is 0. The van der Waals surface area contributed by atoms with E-state index in [2.05, 4.69) is 44.0 Å². The topological polar surface area (TPSA) is 38.9 Å². The third-order valence-electron chi connectivity index (χ3n) is 2.92. The molecule has 2 N–H and O–H groups in total. The number of nitrogens with two attached hydrogens (primary N) is 1. The summed E-state index contributed by atoms with van der Waals surface area (Å²) < 4.78 is 0. The summed E-state index contributed by atoms with van der Waals surface area (Å²) in [4.78, 5) is 4.49. The summed E-state index contributed by atoms with van der Waals surface area (Å²) in [6.07, 6.45) is 2.10. The van der Waals surface area contributed by atoms with Gasteiger partial charge in [-0.05, 0) is 49.1 Å². The lowest BCUT2D eigenvalue weighted by Gasteiger charge is -2.09. The minimum atomic E-state index is 0.680. The first-order valence-corrected chi connectivity index (χ1v) is 5.78. The van der Waals surface area contributed by atoms with Crippen LogP contribution in [0.1, 0.15) is 30.0 Å². The lowest BCUT2D eigenvalue weighted by molar-refractivity contribution is 0.921. The van der Waals surface area contributed by atoms with Crippen LogP contribution in [0.3, 0.4) is 0 Å². The monoisotopic (exact) mass is 214 g/mol. The zero-order valence-corrected chi connectivity index (χ0v) is 10.2. The third kappa shape index (κ3) is 1.87. The summed E-state index contributed by atoms with van der Waals surface area (Å²) in [5.74, 6) is 0.680. The fourth-order valence-electron chi connectivity index (χ4n) is 2.16. The van der Waals surface area contributed by atoms with Crippen molar-refractivity contribution < 1.29 is 0 Å². The minimum Gasteiger partial charge on any atom is -0.383 e. The number of aryl methyl sites for hydroxylation is 3. The average Bonchev–Trinajstić information content (AvgIpc) is 2.20. The number of hydrogen-bond acceptors (Lipinski definition) is 2. The van der Waals surface area contributed by atoms with Crippen molar-refractivity contribution >= 4 is 16.7 Å². The Morgan fingerprint density at radius 1 is 1.19 bits per heavy atom. The van der Waals surface area contributed by atoms with Crippen molar-refractivity contribution in [3.63, 3.8) is 0 Å². The molecule has 0 aliphatic heterocycles. The first-order valence-electron chi connectivity index (χ1n) is 5.78. The first kappa shape index (κ1) is 10.9. The molecule has 0 atom stereocenters. The Bertz CT molecular complexity index is 530. The van der Waals surface area contributed by atoms with Gasteiger partial charge in [-0.25, -0.2) is 4.98 Å². The van der Waals surface area contributed by atoms with Crippen LogP contribution in [-0.4, -0.2) is 4.98 Å². The molecule has 2 heteroatoms. The molecule has 1 aromatic heterocycles. The fraction of sp³-hybridized carbons (Fsp3) is 0.357. The molecule has 84 valence electrons. The number of aromatic nitrogens is 1. The van der Waals surface area contributed by atoms with Crippen LogP contribution in [0, 0.1) is 13.8 Å². The lowest BCUT2D eigenvalue weighted by atomic mass is 10.0. The second-order valence-electron chi connectivity index (χ2n) is 4.43. The van der Waals surface area contributed by atoms with Crippen LogP contribution in [-0.2, 0) is 6.42 Å². The molecule has 0 unspecified atom stereocenters. The van der Waals surface area contributed by atoms with E-state index in [1.807, 2.05) is 0 Å². The van der Waals surface area contributed by atoms with E-state index in [1.165, 1.54) is 22.1 Å². The van der Waals surface area contributed by atoms with Gasteiger partial charge in [0.15, 0.2) is 0 Å². The van der Waals surface area contributed by atoms with Crippen molar-refractivity contribution in [3.05, 3.63) is 34.9 Å². The number of nitrogens with zero attached hydrogens (tertiary/aromatic N) is 1. The summed E-state index contributed by atoms with van der Waals surface area (Å²) in [7, 11) is 0. The van der Waals surface area contributed by atoms with Gasteiger partial charge < -0.3 is 5.73 Å².